The molecule has 11 aromatic rings. The molecule has 0 fully saturated rings. The summed E-state index contributed by atoms with van der Waals surface area (Å²) in [6.07, 6.45) is 0. The minimum Gasteiger partial charge on any atom is -0.456 e. The van der Waals surface area contributed by atoms with Crippen molar-refractivity contribution in [3.63, 3.8) is 0 Å². The van der Waals surface area contributed by atoms with Crippen molar-refractivity contribution >= 4 is 88.5 Å². The van der Waals surface area contributed by atoms with Gasteiger partial charge >= 0.3 is 0 Å². The highest BCUT2D eigenvalue weighted by molar-refractivity contribution is 7.01. The Balaban J connectivity index is 1.25. The second-order valence-corrected chi connectivity index (χ2v) is 14.4. The normalized spacial score (nSPS) is 13.0. The van der Waals surface area contributed by atoms with Crippen molar-refractivity contribution in [3.05, 3.63) is 164 Å². The number of rotatable bonds is 2. The second-order valence-electron chi connectivity index (χ2n) is 14.4. The van der Waals surface area contributed by atoms with E-state index in [-0.39, 0.29) is 6.71 Å². The molecule has 0 saturated heterocycles. The summed E-state index contributed by atoms with van der Waals surface area (Å²) in [5, 5.41) is 8.73. The van der Waals surface area contributed by atoms with Crippen LogP contribution in [-0.4, -0.2) is 15.8 Å². The van der Waals surface area contributed by atoms with E-state index in [4.69, 9.17) is 4.42 Å². The van der Waals surface area contributed by atoms with Crippen LogP contribution >= 0.6 is 0 Å². The monoisotopic (exact) mass is 658 g/mol. The van der Waals surface area contributed by atoms with Gasteiger partial charge in [-0.25, -0.2) is 0 Å². The molecular weight excluding hydrogens is 631 g/mol. The van der Waals surface area contributed by atoms with Gasteiger partial charge in [-0.05, 0) is 68.6 Å². The van der Waals surface area contributed by atoms with Crippen LogP contribution in [0.4, 0.5) is 0 Å². The van der Waals surface area contributed by atoms with Crippen LogP contribution in [0, 0.1) is 0 Å². The van der Waals surface area contributed by atoms with Crippen LogP contribution in [0.25, 0.3) is 99.2 Å². The molecule has 8 aromatic carbocycles. The average molecular weight is 659 g/mol. The smallest absolute Gasteiger partial charge is 0.253 e. The standard InChI is InChI=1S/C48H27BN2O/c1-3-13-28(14-4-1)43-36-25-30-17-7-8-18-31(30)44-48(36)51(46(43)29-15-5-2-6-16-29)39-23-12-22-38-45(39)49(44)37-21-11-20-33-34-26-35-32-19-9-10-24-41(32)52-42(35)27-40(34)50(38)47(33)37/h1-27H. The van der Waals surface area contributed by atoms with Crippen LogP contribution in [-0.2, 0) is 0 Å². The summed E-state index contributed by atoms with van der Waals surface area (Å²) < 4.78 is 11.6. The quantitative estimate of drug-likeness (QED) is 0.170. The number of hydrogen-bond acceptors (Lipinski definition) is 1. The summed E-state index contributed by atoms with van der Waals surface area (Å²) in [5.74, 6) is 0. The Morgan fingerprint density at radius 2 is 1.12 bits per heavy atom. The Labute approximate surface area is 298 Å². The molecule has 0 unspecified atom stereocenters. The molecule has 2 aliphatic rings. The molecule has 0 amide bonds. The molecule has 0 aliphatic carbocycles. The summed E-state index contributed by atoms with van der Waals surface area (Å²) in [5.41, 5.74) is 17.1. The number of aromatic nitrogens is 2. The molecule has 52 heavy (non-hydrogen) atoms. The molecule has 0 atom stereocenters. The third-order valence-electron chi connectivity index (χ3n) is 11.9. The van der Waals surface area contributed by atoms with E-state index in [2.05, 4.69) is 167 Å². The third kappa shape index (κ3) is 3.20. The molecule has 3 nitrogen and oxygen atoms in total. The maximum Gasteiger partial charge on any atom is 0.253 e. The lowest BCUT2D eigenvalue weighted by atomic mass is 9.33. The molecule has 0 bridgehead atoms. The number of hydrogen-bond donors (Lipinski definition) is 0. The Morgan fingerprint density at radius 3 is 1.96 bits per heavy atom. The van der Waals surface area contributed by atoms with E-state index >= 15 is 0 Å². The van der Waals surface area contributed by atoms with Gasteiger partial charge < -0.3 is 13.6 Å². The zero-order valence-electron chi connectivity index (χ0n) is 28.0. The first-order chi connectivity index (χ1) is 25.8. The zero-order chi connectivity index (χ0) is 33.7. The first kappa shape index (κ1) is 27.0. The summed E-state index contributed by atoms with van der Waals surface area (Å²) in [4.78, 5) is 0. The molecule has 3 aromatic heterocycles. The fourth-order valence-electron chi connectivity index (χ4n) is 9.92. The van der Waals surface area contributed by atoms with Gasteiger partial charge in [0.1, 0.15) is 11.2 Å². The van der Waals surface area contributed by atoms with Gasteiger partial charge in [0.05, 0.1) is 16.7 Å². The minimum absolute atomic E-state index is 0.0544. The molecule has 5 heterocycles. The van der Waals surface area contributed by atoms with Crippen molar-refractivity contribution < 1.29 is 4.42 Å². The Bertz CT molecular complexity index is 3350. The lowest BCUT2D eigenvalue weighted by Gasteiger charge is -2.34. The first-order valence-electron chi connectivity index (χ1n) is 18.1. The van der Waals surface area contributed by atoms with Crippen molar-refractivity contribution in [1.29, 1.82) is 0 Å². The SMILES string of the molecule is c1ccc(-c2c(-c3ccccc3)n3c4c(c5ccccc5cc24)B2c4c-3cccc4-n3c4cc5oc6ccccc6c5cc4c4cccc2c43)cc1. The molecule has 13 rings (SSSR count). The average Bonchev–Trinajstić information content (AvgIpc) is 3.85. The van der Waals surface area contributed by atoms with E-state index in [1.54, 1.807) is 0 Å². The van der Waals surface area contributed by atoms with Crippen molar-refractivity contribution in [1.82, 2.24) is 9.13 Å². The predicted octanol–water partition coefficient (Wildman–Crippen LogP) is 10.3. The van der Waals surface area contributed by atoms with Gasteiger partial charge in [-0.15, -0.1) is 0 Å². The molecule has 0 radical (unpaired) electrons. The van der Waals surface area contributed by atoms with Crippen LogP contribution in [0.15, 0.2) is 168 Å². The molecular formula is C48H27BN2O. The van der Waals surface area contributed by atoms with Crippen LogP contribution in [0.2, 0.25) is 0 Å². The van der Waals surface area contributed by atoms with E-state index in [9.17, 15) is 0 Å². The highest BCUT2D eigenvalue weighted by atomic mass is 16.3. The second kappa shape index (κ2) is 9.51. The minimum atomic E-state index is 0.0544. The van der Waals surface area contributed by atoms with E-state index in [1.807, 2.05) is 6.07 Å². The summed E-state index contributed by atoms with van der Waals surface area (Å²) in [6, 6.07) is 60.3. The summed E-state index contributed by atoms with van der Waals surface area (Å²) >= 11 is 0. The highest BCUT2D eigenvalue weighted by Crippen LogP contribution is 2.46. The van der Waals surface area contributed by atoms with Crippen molar-refractivity contribution in [3.8, 4) is 33.8 Å². The Hall–Kier alpha value is -6.78. The molecule has 238 valence electrons. The fraction of sp³-hybridized carbons (Fsp3) is 0. The van der Waals surface area contributed by atoms with E-state index < -0.39 is 0 Å². The highest BCUT2D eigenvalue weighted by Gasteiger charge is 2.42. The lowest BCUT2D eigenvalue weighted by molar-refractivity contribution is 0.669. The number of para-hydroxylation sites is 2. The van der Waals surface area contributed by atoms with Crippen molar-refractivity contribution in [2.24, 2.45) is 0 Å². The number of benzene rings is 8. The summed E-state index contributed by atoms with van der Waals surface area (Å²) in [6.45, 7) is 0.0544. The van der Waals surface area contributed by atoms with Gasteiger partial charge in [-0.2, -0.15) is 0 Å². The van der Waals surface area contributed by atoms with E-state index in [0.29, 0.717) is 0 Å². The van der Waals surface area contributed by atoms with Crippen LogP contribution in [0.5, 0.6) is 0 Å². The fourth-order valence-corrected chi connectivity index (χ4v) is 9.92. The van der Waals surface area contributed by atoms with Gasteiger partial charge in [0.15, 0.2) is 0 Å². The maximum atomic E-state index is 6.49. The largest absolute Gasteiger partial charge is 0.456 e. The molecule has 2 aliphatic heterocycles. The molecule has 4 heteroatoms. The van der Waals surface area contributed by atoms with Crippen LogP contribution in [0.3, 0.4) is 0 Å². The Morgan fingerprint density at radius 1 is 0.423 bits per heavy atom. The van der Waals surface area contributed by atoms with Crippen LogP contribution < -0.4 is 16.4 Å². The van der Waals surface area contributed by atoms with Gasteiger partial charge in [-0.3, -0.25) is 0 Å². The zero-order valence-corrected chi connectivity index (χ0v) is 28.0. The van der Waals surface area contributed by atoms with Crippen molar-refractivity contribution in [2.45, 2.75) is 0 Å². The number of nitrogens with zero attached hydrogens (tertiary/aromatic N) is 2. The van der Waals surface area contributed by atoms with Crippen LogP contribution in [0.1, 0.15) is 0 Å². The molecule has 0 N–H and O–H groups in total. The van der Waals surface area contributed by atoms with E-state index in [0.717, 1.165) is 21.9 Å². The number of furan rings is 1. The van der Waals surface area contributed by atoms with Gasteiger partial charge in [0, 0.05) is 55.5 Å². The topological polar surface area (TPSA) is 23.0 Å². The third-order valence-corrected chi connectivity index (χ3v) is 11.9. The molecule has 0 saturated carbocycles. The maximum absolute atomic E-state index is 6.49. The van der Waals surface area contributed by atoms with Crippen molar-refractivity contribution in [2.75, 3.05) is 0 Å². The Kier molecular flexibility index (Phi) is 4.94. The first-order valence-corrected chi connectivity index (χ1v) is 18.1. The van der Waals surface area contributed by atoms with E-state index in [1.165, 1.54) is 93.6 Å². The number of fused-ring (bicyclic) bond motifs is 12. The van der Waals surface area contributed by atoms with Gasteiger partial charge in [0.25, 0.3) is 6.71 Å². The van der Waals surface area contributed by atoms with Gasteiger partial charge in [0.2, 0.25) is 0 Å². The lowest BCUT2D eigenvalue weighted by Crippen LogP contribution is -2.59. The predicted molar refractivity (Wildman–Crippen MR) is 218 cm³/mol. The van der Waals surface area contributed by atoms with Gasteiger partial charge in [-0.1, -0.05) is 127 Å². The molecule has 0 spiro atoms. The summed E-state index contributed by atoms with van der Waals surface area (Å²) in [7, 11) is 0.